The number of carbonyl (C=O) groups is 3. The SMILES string of the molecule is C=CCCCCCCCCC(=O)OC(C)C1CCN(CCCN2c3cc(OC)ccc3Sc3c2cccc3S(=O)(=O)N(C)C)CC1.O=C(O)C(=O)O. The largest absolute Gasteiger partial charge is 0.497 e. The second-order valence-electron chi connectivity index (χ2n) is 13.3. The highest BCUT2D eigenvalue weighted by Gasteiger charge is 2.31. The van der Waals surface area contributed by atoms with Crippen LogP contribution in [0, 0.1) is 5.92 Å². The highest BCUT2D eigenvalue weighted by Crippen LogP contribution is 2.51. The van der Waals surface area contributed by atoms with Crippen LogP contribution in [0.2, 0.25) is 0 Å². The van der Waals surface area contributed by atoms with Crippen molar-refractivity contribution in [2.75, 3.05) is 52.3 Å². The second-order valence-corrected chi connectivity index (χ2v) is 16.4. The van der Waals surface area contributed by atoms with Crippen LogP contribution in [0.25, 0.3) is 0 Å². The van der Waals surface area contributed by atoms with Crippen LogP contribution in [0.4, 0.5) is 11.4 Å². The number of fused-ring (bicyclic) bond motifs is 2. The van der Waals surface area contributed by atoms with Crippen LogP contribution in [-0.2, 0) is 29.1 Å². The Bertz CT molecular complexity index is 1600. The van der Waals surface area contributed by atoms with Gasteiger partial charge in [0.15, 0.2) is 0 Å². The predicted molar refractivity (Wildman–Crippen MR) is 203 cm³/mol. The van der Waals surface area contributed by atoms with E-state index >= 15 is 0 Å². The van der Waals surface area contributed by atoms with Crippen LogP contribution in [0.5, 0.6) is 5.75 Å². The summed E-state index contributed by atoms with van der Waals surface area (Å²) >= 11 is 1.50. The summed E-state index contributed by atoms with van der Waals surface area (Å²) in [7, 11) is 1.20. The number of benzene rings is 2. The number of aliphatic carboxylic acids is 2. The molecule has 2 aromatic rings. The third-order valence-electron chi connectivity index (χ3n) is 9.37. The van der Waals surface area contributed by atoms with E-state index in [4.69, 9.17) is 29.3 Å². The topological polar surface area (TPSA) is 154 Å². The zero-order valence-electron chi connectivity index (χ0n) is 30.9. The predicted octanol–water partition coefficient (Wildman–Crippen LogP) is 7.04. The van der Waals surface area contributed by atoms with Gasteiger partial charge >= 0.3 is 17.9 Å². The molecule has 2 heterocycles. The van der Waals surface area contributed by atoms with Crippen molar-refractivity contribution in [2.24, 2.45) is 5.92 Å². The van der Waals surface area contributed by atoms with Gasteiger partial charge in [-0.15, -0.1) is 6.58 Å². The molecule has 0 saturated carbocycles. The first-order valence-electron chi connectivity index (χ1n) is 18.0. The van der Waals surface area contributed by atoms with Crippen LogP contribution in [0.1, 0.15) is 77.6 Å². The van der Waals surface area contributed by atoms with Gasteiger partial charge in [0, 0.05) is 38.0 Å². The minimum Gasteiger partial charge on any atom is -0.497 e. The van der Waals surface area contributed by atoms with E-state index in [1.54, 1.807) is 27.3 Å². The van der Waals surface area contributed by atoms with Crippen molar-refractivity contribution in [3.8, 4) is 5.75 Å². The van der Waals surface area contributed by atoms with Crippen molar-refractivity contribution in [3.63, 3.8) is 0 Å². The van der Waals surface area contributed by atoms with Gasteiger partial charge < -0.3 is 29.5 Å². The number of anilines is 2. The van der Waals surface area contributed by atoms with Crippen molar-refractivity contribution >= 4 is 51.1 Å². The standard InChI is InChI=1S/C36H53N3O5S2.C2H2O4/c1-6-7-8-9-10-11-12-13-18-35(40)44-28(2)29-21-25-38(26-22-29)23-15-24-39-31-16-14-17-34(46(41,42)37(3)4)36(31)45-33-20-19-30(43-5)27-32(33)39;3-1(4)2(5)6/h6,14,16-17,19-20,27-29H,1,7-13,15,18,21-26H2,2-5H3;(H,3,4)(H,5,6). The summed E-state index contributed by atoms with van der Waals surface area (Å²) in [4.78, 5) is 37.5. The molecule has 0 spiro atoms. The zero-order chi connectivity index (χ0) is 38.3. The van der Waals surface area contributed by atoms with Gasteiger partial charge in [-0.05, 0) is 95.3 Å². The summed E-state index contributed by atoms with van der Waals surface area (Å²) in [6.07, 6.45) is 13.4. The Balaban J connectivity index is 0.00000112. The molecule has 2 aliphatic heterocycles. The number of esters is 1. The number of hydrogen-bond donors (Lipinski definition) is 2. The summed E-state index contributed by atoms with van der Waals surface area (Å²) in [6, 6.07) is 11.5. The highest BCUT2D eigenvalue weighted by molar-refractivity contribution is 8.00. The third-order valence-corrected chi connectivity index (χ3v) is 12.6. The number of ether oxygens (including phenoxy) is 2. The number of likely N-dealkylation sites (tertiary alicyclic amines) is 1. The van der Waals surface area contributed by atoms with Crippen molar-refractivity contribution in [1.29, 1.82) is 0 Å². The summed E-state index contributed by atoms with van der Waals surface area (Å²) in [5.41, 5.74) is 1.95. The zero-order valence-corrected chi connectivity index (χ0v) is 32.6. The Labute approximate surface area is 313 Å². The Morgan fingerprint density at radius 1 is 0.962 bits per heavy atom. The fraction of sp³-hybridized carbons (Fsp3) is 0.553. The van der Waals surface area contributed by atoms with Crippen LogP contribution in [-0.4, -0.2) is 99.2 Å². The molecule has 4 rings (SSSR count). The molecule has 2 aliphatic rings. The molecule has 2 N–H and O–H groups in total. The molecule has 0 amide bonds. The molecule has 52 heavy (non-hydrogen) atoms. The smallest absolute Gasteiger partial charge is 0.414 e. The van der Waals surface area contributed by atoms with Gasteiger partial charge in [0.2, 0.25) is 10.0 Å². The van der Waals surface area contributed by atoms with Gasteiger partial charge in [-0.2, -0.15) is 0 Å². The summed E-state index contributed by atoms with van der Waals surface area (Å²) in [5.74, 6) is -2.53. The molecule has 0 aromatic heterocycles. The number of carbonyl (C=O) groups excluding carboxylic acids is 1. The average Bonchev–Trinajstić information content (AvgIpc) is 3.12. The Hall–Kier alpha value is -3.59. The quantitative estimate of drug-likeness (QED) is 0.0693. The maximum absolute atomic E-state index is 13.2. The van der Waals surface area contributed by atoms with Crippen LogP contribution >= 0.6 is 11.8 Å². The van der Waals surface area contributed by atoms with Gasteiger partial charge in [0.25, 0.3) is 0 Å². The van der Waals surface area contributed by atoms with Crippen molar-refractivity contribution in [2.45, 2.75) is 98.3 Å². The number of rotatable bonds is 18. The van der Waals surface area contributed by atoms with Gasteiger partial charge in [-0.3, -0.25) is 4.79 Å². The first kappa shape index (κ1) is 42.8. The lowest BCUT2D eigenvalue weighted by molar-refractivity contribution is -0.159. The first-order chi connectivity index (χ1) is 24.8. The minimum absolute atomic E-state index is 0.0463. The van der Waals surface area contributed by atoms with E-state index in [2.05, 4.69) is 23.3 Å². The van der Waals surface area contributed by atoms with Gasteiger partial charge in [0.05, 0.1) is 28.3 Å². The summed E-state index contributed by atoms with van der Waals surface area (Å²) < 4.78 is 39.1. The number of nitrogens with zero attached hydrogens (tertiary/aromatic N) is 3. The number of carboxylic acids is 2. The minimum atomic E-state index is -3.61. The van der Waals surface area contributed by atoms with Crippen molar-refractivity contribution in [3.05, 3.63) is 49.1 Å². The van der Waals surface area contributed by atoms with Gasteiger partial charge in [-0.25, -0.2) is 22.3 Å². The molecule has 12 nitrogen and oxygen atoms in total. The number of allylic oxidation sites excluding steroid dienone is 1. The second kappa shape index (κ2) is 21.2. The average molecular weight is 762 g/mol. The molecule has 2 aromatic carbocycles. The molecular weight excluding hydrogens is 707 g/mol. The molecule has 1 fully saturated rings. The number of piperidine rings is 1. The van der Waals surface area contributed by atoms with E-state index in [1.165, 1.54) is 41.8 Å². The molecule has 1 unspecified atom stereocenters. The lowest BCUT2D eigenvalue weighted by Gasteiger charge is -2.36. The molecule has 0 aliphatic carbocycles. The molecule has 288 valence electrons. The van der Waals surface area contributed by atoms with E-state index in [9.17, 15) is 13.2 Å². The van der Waals surface area contributed by atoms with Gasteiger partial charge in [0.1, 0.15) is 11.9 Å². The monoisotopic (exact) mass is 761 g/mol. The fourth-order valence-corrected chi connectivity index (χ4v) is 8.85. The van der Waals surface area contributed by atoms with Crippen LogP contribution in [0.3, 0.4) is 0 Å². The van der Waals surface area contributed by atoms with Crippen LogP contribution < -0.4 is 9.64 Å². The lowest BCUT2D eigenvalue weighted by Crippen LogP contribution is -2.39. The van der Waals surface area contributed by atoms with Crippen molar-refractivity contribution < 1.29 is 42.5 Å². The highest BCUT2D eigenvalue weighted by atomic mass is 32.2. The Morgan fingerprint density at radius 2 is 1.62 bits per heavy atom. The van der Waals surface area contributed by atoms with Crippen LogP contribution in [0.15, 0.2) is 63.7 Å². The number of methoxy groups -OCH3 is 1. The summed E-state index contributed by atoms with van der Waals surface area (Å²) in [5, 5.41) is 14.8. The normalized spacial score (nSPS) is 15.1. The number of unbranched alkanes of at least 4 members (excludes halogenated alkanes) is 6. The molecule has 14 heteroatoms. The number of sulfonamides is 1. The lowest BCUT2D eigenvalue weighted by atomic mass is 9.92. The van der Waals surface area contributed by atoms with E-state index in [-0.39, 0.29) is 12.1 Å². The number of carboxylic acid groups (broad SMARTS) is 2. The molecule has 1 saturated heterocycles. The van der Waals surface area contributed by atoms with Crippen molar-refractivity contribution in [1.82, 2.24) is 9.21 Å². The molecular formula is C38H55N3O9S2. The van der Waals surface area contributed by atoms with E-state index in [0.717, 1.165) is 91.6 Å². The molecule has 0 bridgehead atoms. The maximum atomic E-state index is 13.2. The molecule has 1 atom stereocenters. The molecule has 0 radical (unpaired) electrons. The Kier molecular flexibility index (Phi) is 17.5. The third kappa shape index (κ3) is 12.5. The fourth-order valence-electron chi connectivity index (χ4n) is 6.35. The Morgan fingerprint density at radius 3 is 2.23 bits per heavy atom. The maximum Gasteiger partial charge on any atom is 0.414 e. The number of hydrogen-bond acceptors (Lipinski definition) is 10. The van der Waals surface area contributed by atoms with Gasteiger partial charge in [-0.1, -0.05) is 49.6 Å². The summed E-state index contributed by atoms with van der Waals surface area (Å²) in [6.45, 7) is 9.50. The van der Waals surface area contributed by atoms with E-state index in [0.29, 0.717) is 17.2 Å². The van der Waals surface area contributed by atoms with E-state index < -0.39 is 22.0 Å². The first-order valence-corrected chi connectivity index (χ1v) is 20.2. The van der Waals surface area contributed by atoms with E-state index in [1.807, 2.05) is 36.4 Å².